The lowest BCUT2D eigenvalue weighted by Crippen LogP contribution is -2.01. The quantitative estimate of drug-likeness (QED) is 0.476. The van der Waals surface area contributed by atoms with Gasteiger partial charge in [-0.15, -0.1) is 0 Å². The Balaban J connectivity index is 3.04. The monoisotopic (exact) mass is 193 g/mol. The van der Waals surface area contributed by atoms with Crippen molar-refractivity contribution < 1.29 is 9.05 Å². The first-order valence-electron chi connectivity index (χ1n) is 4.61. The maximum atomic E-state index is 5.58. The number of unbranched alkanes of at least 4 members (excludes halogenated alkanes) is 2. The van der Waals surface area contributed by atoms with Gasteiger partial charge in [0.05, 0.1) is 13.2 Å². The number of nitrogens with two attached hydrogens (primary N) is 1. The Hall–Kier alpha value is 0.310. The maximum Gasteiger partial charge on any atom is 0.252 e. The van der Waals surface area contributed by atoms with Crippen LogP contribution in [0.15, 0.2) is 0 Å². The zero-order valence-corrected chi connectivity index (χ0v) is 8.98. The highest BCUT2D eigenvalue weighted by Gasteiger charge is 2.01. The van der Waals surface area contributed by atoms with Crippen molar-refractivity contribution in [3.8, 4) is 0 Å². The van der Waals surface area contributed by atoms with Gasteiger partial charge in [-0.2, -0.15) is 0 Å². The van der Waals surface area contributed by atoms with Crippen molar-refractivity contribution in [2.24, 2.45) is 5.50 Å². The largest absolute Gasteiger partial charge is 0.322 e. The first-order chi connectivity index (χ1) is 5.81. The number of rotatable bonds is 8. The lowest BCUT2D eigenvalue weighted by atomic mass is 10.4. The van der Waals surface area contributed by atoms with Crippen LogP contribution in [0.4, 0.5) is 0 Å². The van der Waals surface area contributed by atoms with Crippen LogP contribution in [0, 0.1) is 0 Å². The first kappa shape index (κ1) is 12.3. The average molecular weight is 193 g/mol. The molecule has 0 aromatic heterocycles. The molecule has 0 spiro atoms. The Morgan fingerprint density at radius 3 is 1.75 bits per heavy atom. The summed E-state index contributed by atoms with van der Waals surface area (Å²) in [6, 6.07) is 0. The van der Waals surface area contributed by atoms with Gasteiger partial charge < -0.3 is 9.05 Å². The lowest BCUT2D eigenvalue weighted by molar-refractivity contribution is 0.243. The highest BCUT2D eigenvalue weighted by Crippen LogP contribution is 2.28. The van der Waals surface area contributed by atoms with Gasteiger partial charge in [0.1, 0.15) is 0 Å². The molecule has 0 radical (unpaired) electrons. The summed E-state index contributed by atoms with van der Waals surface area (Å²) in [6.07, 6.45) is 4.40. The van der Waals surface area contributed by atoms with Crippen LogP contribution >= 0.6 is 8.53 Å². The molecule has 0 aliphatic rings. The second-order valence-electron chi connectivity index (χ2n) is 2.66. The Morgan fingerprint density at radius 1 is 1.00 bits per heavy atom. The molecule has 0 saturated carbocycles. The zero-order valence-electron chi connectivity index (χ0n) is 8.08. The van der Waals surface area contributed by atoms with Gasteiger partial charge in [0.25, 0.3) is 8.53 Å². The van der Waals surface area contributed by atoms with Gasteiger partial charge in [0.15, 0.2) is 0 Å². The smallest absolute Gasteiger partial charge is 0.252 e. The van der Waals surface area contributed by atoms with Crippen LogP contribution < -0.4 is 5.50 Å². The summed E-state index contributed by atoms with van der Waals surface area (Å²) in [4.78, 5) is 0. The van der Waals surface area contributed by atoms with Gasteiger partial charge in [0, 0.05) is 0 Å². The van der Waals surface area contributed by atoms with E-state index in [1.54, 1.807) is 0 Å². The minimum atomic E-state index is -1.10. The molecule has 0 aliphatic carbocycles. The molecule has 0 bridgehead atoms. The molecule has 0 heterocycles. The van der Waals surface area contributed by atoms with Crippen LogP contribution in [0.1, 0.15) is 39.5 Å². The topological polar surface area (TPSA) is 44.5 Å². The minimum Gasteiger partial charge on any atom is -0.322 e. The molecule has 74 valence electrons. The fourth-order valence-electron chi connectivity index (χ4n) is 0.635. The molecule has 0 amide bonds. The van der Waals surface area contributed by atoms with Crippen LogP contribution in [0.25, 0.3) is 0 Å². The van der Waals surface area contributed by atoms with Crippen LogP contribution in [0.2, 0.25) is 0 Å². The summed E-state index contributed by atoms with van der Waals surface area (Å²) < 4.78 is 10.5. The minimum absolute atomic E-state index is 0.727. The number of hydrogen-bond acceptors (Lipinski definition) is 3. The lowest BCUT2D eigenvalue weighted by Gasteiger charge is -2.11. The van der Waals surface area contributed by atoms with E-state index in [0.29, 0.717) is 0 Å². The van der Waals surface area contributed by atoms with Crippen molar-refractivity contribution in [3.63, 3.8) is 0 Å². The Kier molecular flexibility index (Phi) is 9.64. The van der Waals surface area contributed by atoms with E-state index in [1.165, 1.54) is 0 Å². The van der Waals surface area contributed by atoms with E-state index in [0.717, 1.165) is 38.9 Å². The molecule has 2 N–H and O–H groups in total. The molecule has 4 heteroatoms. The van der Waals surface area contributed by atoms with Crippen LogP contribution in [-0.2, 0) is 9.05 Å². The predicted octanol–water partition coefficient (Wildman–Crippen LogP) is 2.81. The van der Waals surface area contributed by atoms with E-state index in [9.17, 15) is 0 Å². The third-order valence-electron chi connectivity index (χ3n) is 1.43. The van der Waals surface area contributed by atoms with Crippen molar-refractivity contribution in [1.82, 2.24) is 0 Å². The second-order valence-corrected chi connectivity index (χ2v) is 3.75. The van der Waals surface area contributed by atoms with Crippen molar-refractivity contribution in [1.29, 1.82) is 0 Å². The predicted molar refractivity (Wildman–Crippen MR) is 52.8 cm³/mol. The average Bonchev–Trinajstić information content (AvgIpc) is 2.06. The van der Waals surface area contributed by atoms with E-state index in [1.807, 2.05) is 0 Å². The van der Waals surface area contributed by atoms with Gasteiger partial charge in [0.2, 0.25) is 0 Å². The van der Waals surface area contributed by atoms with Gasteiger partial charge in [-0.25, -0.2) is 0 Å². The molecule has 0 atom stereocenters. The van der Waals surface area contributed by atoms with E-state index in [2.05, 4.69) is 13.8 Å². The van der Waals surface area contributed by atoms with Gasteiger partial charge in [-0.05, 0) is 12.8 Å². The molecular formula is C8H20NO2P. The zero-order chi connectivity index (χ0) is 9.23. The van der Waals surface area contributed by atoms with Crippen LogP contribution in [0.5, 0.6) is 0 Å². The van der Waals surface area contributed by atoms with E-state index >= 15 is 0 Å². The molecule has 0 aliphatic heterocycles. The van der Waals surface area contributed by atoms with E-state index in [4.69, 9.17) is 14.6 Å². The third-order valence-corrected chi connectivity index (χ3v) is 2.31. The molecular weight excluding hydrogens is 173 g/mol. The Morgan fingerprint density at radius 2 is 1.42 bits per heavy atom. The summed E-state index contributed by atoms with van der Waals surface area (Å²) in [5.74, 6) is 0. The highest BCUT2D eigenvalue weighted by atomic mass is 31.2. The standard InChI is InChI=1S/C8H20NO2P/c1-3-5-7-10-12(9)11-8-6-4-2/h3-9H2,1-2H3. The molecule has 0 saturated heterocycles. The Bertz CT molecular complexity index is 83.1. The summed E-state index contributed by atoms with van der Waals surface area (Å²) >= 11 is 0. The van der Waals surface area contributed by atoms with Crippen molar-refractivity contribution in [3.05, 3.63) is 0 Å². The molecule has 0 aromatic carbocycles. The molecule has 12 heavy (non-hydrogen) atoms. The maximum absolute atomic E-state index is 5.58. The fourth-order valence-corrected chi connectivity index (χ4v) is 1.33. The number of hydrogen-bond donors (Lipinski definition) is 1. The summed E-state index contributed by atoms with van der Waals surface area (Å²) in [5, 5.41) is 0. The first-order valence-corrected chi connectivity index (χ1v) is 5.86. The van der Waals surface area contributed by atoms with Gasteiger partial charge >= 0.3 is 0 Å². The van der Waals surface area contributed by atoms with Gasteiger partial charge in [-0.3, -0.25) is 5.50 Å². The molecule has 3 nitrogen and oxygen atoms in total. The fraction of sp³-hybridized carbons (Fsp3) is 1.00. The Labute approximate surface area is 76.6 Å². The summed E-state index contributed by atoms with van der Waals surface area (Å²) in [6.45, 7) is 5.70. The molecule has 0 fully saturated rings. The highest BCUT2D eigenvalue weighted by molar-refractivity contribution is 7.44. The summed E-state index contributed by atoms with van der Waals surface area (Å²) in [5.41, 5.74) is 5.58. The second kappa shape index (κ2) is 9.40. The molecule has 0 aromatic rings. The van der Waals surface area contributed by atoms with Crippen LogP contribution in [-0.4, -0.2) is 13.2 Å². The third kappa shape index (κ3) is 8.41. The normalized spacial score (nSPS) is 11.0. The van der Waals surface area contributed by atoms with Gasteiger partial charge in [-0.1, -0.05) is 26.7 Å². The van der Waals surface area contributed by atoms with E-state index in [-0.39, 0.29) is 0 Å². The molecule has 0 rings (SSSR count). The van der Waals surface area contributed by atoms with Crippen molar-refractivity contribution in [2.45, 2.75) is 39.5 Å². The summed E-state index contributed by atoms with van der Waals surface area (Å²) in [7, 11) is -1.10. The molecule has 0 unspecified atom stereocenters. The van der Waals surface area contributed by atoms with Crippen molar-refractivity contribution >= 4 is 8.53 Å². The SMILES string of the molecule is CCCCOP(N)OCCCC. The van der Waals surface area contributed by atoms with Crippen LogP contribution in [0.3, 0.4) is 0 Å². The van der Waals surface area contributed by atoms with Crippen molar-refractivity contribution in [2.75, 3.05) is 13.2 Å². The van der Waals surface area contributed by atoms with E-state index < -0.39 is 8.53 Å².